The van der Waals surface area contributed by atoms with Crippen molar-refractivity contribution in [3.63, 3.8) is 0 Å². The molecule has 0 radical (unpaired) electrons. The molecule has 0 saturated carbocycles. The highest BCUT2D eigenvalue weighted by molar-refractivity contribution is 5.92. The summed E-state index contributed by atoms with van der Waals surface area (Å²) in [6.07, 6.45) is 0. The van der Waals surface area contributed by atoms with E-state index in [0.29, 0.717) is 5.69 Å². The molecule has 0 aliphatic rings. The molecular weight excluding hydrogens is 305 g/mol. The maximum absolute atomic E-state index is 13.8. The van der Waals surface area contributed by atoms with E-state index < -0.39 is 23.5 Å². The van der Waals surface area contributed by atoms with E-state index in [-0.39, 0.29) is 18.0 Å². The molecule has 6 heteroatoms. The van der Waals surface area contributed by atoms with E-state index in [0.717, 1.165) is 18.2 Å². The molecule has 2 aromatic rings. The van der Waals surface area contributed by atoms with Gasteiger partial charge in [-0.25, -0.2) is 13.2 Å². The maximum atomic E-state index is 13.8. The second kappa shape index (κ2) is 7.28. The second-order valence-electron chi connectivity index (χ2n) is 5.32. The number of anilines is 1. The Morgan fingerprint density at radius 2 is 1.83 bits per heavy atom. The molecule has 1 atom stereocenters. The quantitative estimate of drug-likeness (QED) is 0.909. The van der Waals surface area contributed by atoms with Crippen molar-refractivity contribution in [3.8, 4) is 0 Å². The number of rotatable bonds is 5. The normalized spacial score (nSPS) is 12.3. The largest absolute Gasteiger partial charge is 0.325 e. The van der Waals surface area contributed by atoms with Crippen LogP contribution in [0.25, 0.3) is 0 Å². The predicted octanol–water partition coefficient (Wildman–Crippen LogP) is 3.74. The molecule has 0 aliphatic carbocycles. The Hall–Kier alpha value is -2.34. The Morgan fingerprint density at radius 1 is 1.13 bits per heavy atom. The van der Waals surface area contributed by atoms with Gasteiger partial charge in [-0.05, 0) is 50.4 Å². The van der Waals surface area contributed by atoms with E-state index in [2.05, 4.69) is 5.32 Å². The standard InChI is InChI=1S/C17H17F3N2O/c1-11(15-9-13(19)6-7-16(15)20)22(2)10-17(23)21-14-5-3-4-12(18)8-14/h3-9,11H,10H2,1-2H3,(H,21,23). The lowest BCUT2D eigenvalue weighted by molar-refractivity contribution is -0.117. The predicted molar refractivity (Wildman–Crippen MR) is 82.4 cm³/mol. The van der Waals surface area contributed by atoms with Gasteiger partial charge in [-0.2, -0.15) is 0 Å². The number of nitrogens with one attached hydrogen (secondary N) is 1. The van der Waals surface area contributed by atoms with Crippen LogP contribution < -0.4 is 5.32 Å². The third-order valence-electron chi connectivity index (χ3n) is 3.57. The fourth-order valence-corrected chi connectivity index (χ4v) is 2.20. The lowest BCUT2D eigenvalue weighted by atomic mass is 10.1. The highest BCUT2D eigenvalue weighted by Gasteiger charge is 2.18. The van der Waals surface area contributed by atoms with Gasteiger partial charge in [0.15, 0.2) is 0 Å². The van der Waals surface area contributed by atoms with Crippen molar-refractivity contribution in [2.45, 2.75) is 13.0 Å². The molecule has 2 rings (SSSR count). The van der Waals surface area contributed by atoms with Gasteiger partial charge in [0.2, 0.25) is 5.91 Å². The van der Waals surface area contributed by atoms with E-state index in [9.17, 15) is 18.0 Å². The van der Waals surface area contributed by atoms with Gasteiger partial charge in [-0.3, -0.25) is 9.69 Å². The lowest BCUT2D eigenvalue weighted by Crippen LogP contribution is -2.32. The van der Waals surface area contributed by atoms with Crippen LogP contribution >= 0.6 is 0 Å². The molecule has 0 spiro atoms. The summed E-state index contributed by atoms with van der Waals surface area (Å²) in [7, 11) is 1.63. The van der Waals surface area contributed by atoms with Crippen molar-refractivity contribution >= 4 is 11.6 Å². The summed E-state index contributed by atoms with van der Waals surface area (Å²) in [6.45, 7) is 1.63. The molecule has 2 aromatic carbocycles. The van der Waals surface area contributed by atoms with E-state index >= 15 is 0 Å². The van der Waals surface area contributed by atoms with Gasteiger partial charge in [-0.1, -0.05) is 6.07 Å². The van der Waals surface area contributed by atoms with Gasteiger partial charge in [0, 0.05) is 17.3 Å². The first-order valence-corrected chi connectivity index (χ1v) is 7.07. The first-order chi connectivity index (χ1) is 10.9. The summed E-state index contributed by atoms with van der Waals surface area (Å²) in [5.41, 5.74) is 0.513. The van der Waals surface area contributed by atoms with Crippen LogP contribution in [0.5, 0.6) is 0 Å². The van der Waals surface area contributed by atoms with Gasteiger partial charge in [0.25, 0.3) is 0 Å². The first kappa shape index (κ1) is 17.0. The zero-order chi connectivity index (χ0) is 17.0. The van der Waals surface area contributed by atoms with Gasteiger partial charge in [-0.15, -0.1) is 0 Å². The van der Waals surface area contributed by atoms with Gasteiger partial charge in [0.1, 0.15) is 17.5 Å². The molecule has 1 N–H and O–H groups in total. The third-order valence-corrected chi connectivity index (χ3v) is 3.57. The summed E-state index contributed by atoms with van der Waals surface area (Å²) in [5.74, 6) is -1.89. The number of hydrogen-bond acceptors (Lipinski definition) is 2. The molecule has 0 saturated heterocycles. The van der Waals surface area contributed by atoms with Crippen LogP contribution in [0.15, 0.2) is 42.5 Å². The molecule has 122 valence electrons. The Labute approximate surface area is 132 Å². The fourth-order valence-electron chi connectivity index (χ4n) is 2.20. The number of hydrogen-bond donors (Lipinski definition) is 1. The minimum atomic E-state index is -0.536. The molecule has 0 bridgehead atoms. The van der Waals surface area contributed by atoms with Crippen LogP contribution in [0, 0.1) is 17.5 Å². The molecule has 0 fully saturated rings. The van der Waals surface area contributed by atoms with Crippen molar-refractivity contribution in [1.82, 2.24) is 4.90 Å². The number of nitrogens with zero attached hydrogens (tertiary/aromatic N) is 1. The summed E-state index contributed by atoms with van der Waals surface area (Å²) in [6, 6.07) is 8.24. The van der Waals surface area contributed by atoms with Gasteiger partial charge in [0.05, 0.1) is 6.54 Å². The van der Waals surface area contributed by atoms with Crippen molar-refractivity contribution in [1.29, 1.82) is 0 Å². The Bertz CT molecular complexity index is 706. The monoisotopic (exact) mass is 322 g/mol. The molecule has 3 nitrogen and oxygen atoms in total. The van der Waals surface area contributed by atoms with E-state index in [1.54, 1.807) is 24.9 Å². The average Bonchev–Trinajstić information content (AvgIpc) is 2.48. The smallest absolute Gasteiger partial charge is 0.238 e. The topological polar surface area (TPSA) is 32.3 Å². The molecule has 23 heavy (non-hydrogen) atoms. The van der Waals surface area contributed by atoms with Crippen molar-refractivity contribution in [3.05, 3.63) is 65.5 Å². The van der Waals surface area contributed by atoms with Crippen molar-refractivity contribution in [2.24, 2.45) is 0 Å². The van der Waals surface area contributed by atoms with Crippen LogP contribution in [0.4, 0.5) is 18.9 Å². The number of carbonyl (C=O) groups is 1. The zero-order valence-electron chi connectivity index (χ0n) is 12.8. The van der Waals surface area contributed by atoms with E-state index in [1.807, 2.05) is 0 Å². The Kier molecular flexibility index (Phi) is 5.39. The third kappa shape index (κ3) is 4.56. The second-order valence-corrected chi connectivity index (χ2v) is 5.32. The minimum Gasteiger partial charge on any atom is -0.325 e. The number of likely N-dealkylation sites (N-methyl/N-ethyl adjacent to an activating group) is 1. The van der Waals surface area contributed by atoms with Crippen LogP contribution in [0.1, 0.15) is 18.5 Å². The number of benzene rings is 2. The summed E-state index contributed by atoms with van der Waals surface area (Å²) in [5, 5.41) is 2.56. The molecular formula is C17H17F3N2O. The summed E-state index contributed by atoms with van der Waals surface area (Å²) in [4.78, 5) is 13.6. The minimum absolute atomic E-state index is 0.0480. The average molecular weight is 322 g/mol. The zero-order valence-corrected chi connectivity index (χ0v) is 12.8. The molecule has 0 heterocycles. The van der Waals surface area contributed by atoms with Crippen LogP contribution in [-0.2, 0) is 4.79 Å². The van der Waals surface area contributed by atoms with Crippen LogP contribution in [0.2, 0.25) is 0 Å². The maximum Gasteiger partial charge on any atom is 0.238 e. The Balaban J connectivity index is 2.01. The van der Waals surface area contributed by atoms with Crippen LogP contribution in [0.3, 0.4) is 0 Å². The number of halogens is 3. The summed E-state index contributed by atoms with van der Waals surface area (Å²) >= 11 is 0. The number of amides is 1. The molecule has 0 aliphatic heterocycles. The lowest BCUT2D eigenvalue weighted by Gasteiger charge is -2.24. The number of carbonyl (C=O) groups excluding carboxylic acids is 1. The Morgan fingerprint density at radius 3 is 2.52 bits per heavy atom. The van der Waals surface area contributed by atoms with E-state index in [4.69, 9.17) is 0 Å². The van der Waals surface area contributed by atoms with E-state index in [1.165, 1.54) is 18.2 Å². The molecule has 0 aromatic heterocycles. The fraction of sp³-hybridized carbons (Fsp3) is 0.235. The summed E-state index contributed by atoms with van der Waals surface area (Å²) < 4.78 is 40.1. The SMILES string of the molecule is CC(c1cc(F)ccc1F)N(C)CC(=O)Nc1cccc(F)c1. The first-order valence-electron chi connectivity index (χ1n) is 7.07. The van der Waals surface area contributed by atoms with Crippen LogP contribution in [-0.4, -0.2) is 24.4 Å². The molecule has 1 unspecified atom stereocenters. The highest BCUT2D eigenvalue weighted by atomic mass is 19.1. The van der Waals surface area contributed by atoms with Crippen molar-refractivity contribution in [2.75, 3.05) is 18.9 Å². The van der Waals surface area contributed by atoms with Gasteiger partial charge < -0.3 is 5.32 Å². The van der Waals surface area contributed by atoms with Gasteiger partial charge >= 0.3 is 0 Å². The molecule has 1 amide bonds. The highest BCUT2D eigenvalue weighted by Crippen LogP contribution is 2.22. The van der Waals surface area contributed by atoms with Crippen molar-refractivity contribution < 1.29 is 18.0 Å².